The van der Waals surface area contributed by atoms with Crippen LogP contribution >= 0.6 is 0 Å². The van der Waals surface area contributed by atoms with Gasteiger partial charge in [-0.15, -0.1) is 6.58 Å². The van der Waals surface area contributed by atoms with E-state index in [-0.39, 0.29) is 11.7 Å². The van der Waals surface area contributed by atoms with Gasteiger partial charge in [-0.05, 0) is 19.4 Å². The molecule has 1 N–H and O–H groups in total. The second kappa shape index (κ2) is 7.59. The topological polar surface area (TPSA) is 49.8 Å². The fraction of sp³-hybridized carbons (Fsp3) is 0.400. The zero-order chi connectivity index (χ0) is 14.3. The second-order valence-electron chi connectivity index (χ2n) is 4.41. The molecule has 0 spiro atoms. The summed E-state index contributed by atoms with van der Waals surface area (Å²) in [5.74, 6) is 0.0923. The lowest BCUT2D eigenvalue weighted by Gasteiger charge is -2.22. The number of hydrogen-bond acceptors (Lipinski definition) is 3. The van der Waals surface area contributed by atoms with E-state index < -0.39 is 6.10 Å². The summed E-state index contributed by atoms with van der Waals surface area (Å²) >= 11 is 0. The molecule has 0 bridgehead atoms. The zero-order valence-corrected chi connectivity index (χ0v) is 11.5. The smallest absolute Gasteiger partial charge is 0.251 e. The van der Waals surface area contributed by atoms with Crippen molar-refractivity contribution in [2.75, 3.05) is 13.7 Å². The molecule has 1 amide bonds. The van der Waals surface area contributed by atoms with Crippen LogP contribution in [0.3, 0.4) is 0 Å². The van der Waals surface area contributed by atoms with E-state index in [0.717, 1.165) is 12.0 Å². The average molecular weight is 263 g/mol. The summed E-state index contributed by atoms with van der Waals surface area (Å²) in [5, 5.41) is 9.67. The number of amides is 1. The number of benzene rings is 1. The van der Waals surface area contributed by atoms with E-state index in [2.05, 4.69) is 6.58 Å². The van der Waals surface area contributed by atoms with Crippen LogP contribution in [0.2, 0.25) is 0 Å². The first-order valence-electron chi connectivity index (χ1n) is 6.30. The maximum Gasteiger partial charge on any atom is 0.251 e. The molecular formula is C15H21NO3. The van der Waals surface area contributed by atoms with E-state index in [4.69, 9.17) is 4.74 Å². The Morgan fingerprint density at radius 3 is 2.84 bits per heavy atom. The molecule has 4 nitrogen and oxygen atoms in total. The van der Waals surface area contributed by atoms with Crippen molar-refractivity contribution in [1.82, 2.24) is 4.90 Å². The van der Waals surface area contributed by atoms with Gasteiger partial charge in [0.05, 0.1) is 6.61 Å². The van der Waals surface area contributed by atoms with Gasteiger partial charge < -0.3 is 14.7 Å². The van der Waals surface area contributed by atoms with Crippen LogP contribution in [0.1, 0.15) is 18.9 Å². The highest BCUT2D eigenvalue weighted by Crippen LogP contribution is 2.17. The van der Waals surface area contributed by atoms with Crippen LogP contribution in [0.5, 0.6) is 5.75 Å². The minimum atomic E-state index is -0.490. The van der Waals surface area contributed by atoms with Crippen molar-refractivity contribution in [1.29, 1.82) is 0 Å². The zero-order valence-electron chi connectivity index (χ0n) is 11.5. The number of phenols is 1. The van der Waals surface area contributed by atoms with Gasteiger partial charge in [-0.3, -0.25) is 4.79 Å². The molecule has 1 unspecified atom stereocenters. The molecule has 1 atom stereocenters. The number of nitrogens with zero attached hydrogens (tertiary/aromatic N) is 1. The molecule has 0 radical (unpaired) electrons. The lowest BCUT2D eigenvalue weighted by Crippen LogP contribution is -2.36. The van der Waals surface area contributed by atoms with Crippen LogP contribution in [0.15, 0.2) is 36.9 Å². The molecule has 4 heteroatoms. The van der Waals surface area contributed by atoms with Crippen LogP contribution in [-0.2, 0) is 16.1 Å². The van der Waals surface area contributed by atoms with Gasteiger partial charge in [0.15, 0.2) is 0 Å². The normalized spacial score (nSPS) is 11.9. The molecule has 1 rings (SSSR count). The van der Waals surface area contributed by atoms with E-state index in [9.17, 15) is 9.90 Å². The summed E-state index contributed by atoms with van der Waals surface area (Å²) in [4.78, 5) is 13.6. The maximum absolute atomic E-state index is 12.0. The summed E-state index contributed by atoms with van der Waals surface area (Å²) in [6.07, 6.45) is 1.99. The van der Waals surface area contributed by atoms with Gasteiger partial charge in [0.2, 0.25) is 0 Å². The lowest BCUT2D eigenvalue weighted by atomic mass is 10.2. The highest BCUT2D eigenvalue weighted by molar-refractivity contribution is 5.80. The first-order valence-corrected chi connectivity index (χ1v) is 6.30. The molecule has 0 fully saturated rings. The number of carbonyl (C=O) groups is 1. The molecule has 0 aromatic heterocycles. The number of para-hydroxylation sites is 1. The molecule has 0 aliphatic rings. The molecule has 1 aromatic carbocycles. The Balaban J connectivity index is 2.52. The van der Waals surface area contributed by atoms with Gasteiger partial charge >= 0.3 is 0 Å². The molecule has 19 heavy (non-hydrogen) atoms. The molecule has 0 saturated carbocycles. The molecule has 0 aliphatic carbocycles. The van der Waals surface area contributed by atoms with Crippen molar-refractivity contribution >= 4 is 5.91 Å². The molecule has 1 aromatic rings. The van der Waals surface area contributed by atoms with E-state index in [0.29, 0.717) is 13.2 Å². The number of hydrogen-bond donors (Lipinski definition) is 1. The van der Waals surface area contributed by atoms with Crippen molar-refractivity contribution in [2.45, 2.75) is 26.0 Å². The molecule has 0 saturated heterocycles. The maximum atomic E-state index is 12.0. The monoisotopic (exact) mass is 263 g/mol. The summed E-state index contributed by atoms with van der Waals surface area (Å²) in [6.45, 7) is 6.18. The third kappa shape index (κ3) is 4.75. The number of aromatic hydroxyl groups is 1. The van der Waals surface area contributed by atoms with Crippen molar-refractivity contribution in [3.8, 4) is 5.75 Å². The van der Waals surface area contributed by atoms with Gasteiger partial charge in [0.25, 0.3) is 5.91 Å². The Kier molecular flexibility index (Phi) is 6.09. The number of rotatable bonds is 7. The molecule has 0 aliphatic heterocycles. The Hall–Kier alpha value is -1.81. The third-order valence-electron chi connectivity index (χ3n) is 2.81. The van der Waals surface area contributed by atoms with E-state index >= 15 is 0 Å². The van der Waals surface area contributed by atoms with Crippen LogP contribution in [0.25, 0.3) is 0 Å². The standard InChI is InChI=1S/C15H21NO3/c1-4-5-10-19-12(2)15(18)16(3)11-13-8-6-7-9-14(13)17/h4,6-9,12,17H,1,5,10-11H2,2-3H3. The Bertz CT molecular complexity index is 431. The van der Waals surface area contributed by atoms with Crippen molar-refractivity contribution in [2.24, 2.45) is 0 Å². The van der Waals surface area contributed by atoms with Gasteiger partial charge in [-0.2, -0.15) is 0 Å². The predicted octanol–water partition coefficient (Wildman–Crippen LogP) is 2.33. The van der Waals surface area contributed by atoms with Crippen LogP contribution < -0.4 is 0 Å². The molecule has 104 valence electrons. The van der Waals surface area contributed by atoms with Crippen molar-refractivity contribution in [3.05, 3.63) is 42.5 Å². The van der Waals surface area contributed by atoms with Gasteiger partial charge in [0, 0.05) is 19.2 Å². The summed E-state index contributed by atoms with van der Waals surface area (Å²) in [5.41, 5.74) is 0.719. The molecule has 0 heterocycles. The summed E-state index contributed by atoms with van der Waals surface area (Å²) < 4.78 is 5.41. The Labute approximate surface area is 114 Å². The minimum absolute atomic E-state index is 0.104. The van der Waals surface area contributed by atoms with E-state index in [1.807, 2.05) is 6.07 Å². The van der Waals surface area contributed by atoms with Crippen LogP contribution in [0.4, 0.5) is 0 Å². The largest absolute Gasteiger partial charge is 0.508 e. The van der Waals surface area contributed by atoms with Crippen molar-refractivity contribution < 1.29 is 14.6 Å². The highest BCUT2D eigenvalue weighted by atomic mass is 16.5. The van der Waals surface area contributed by atoms with Crippen LogP contribution in [0, 0.1) is 0 Å². The summed E-state index contributed by atoms with van der Waals surface area (Å²) in [7, 11) is 1.70. The average Bonchev–Trinajstić information content (AvgIpc) is 2.40. The highest BCUT2D eigenvalue weighted by Gasteiger charge is 2.18. The predicted molar refractivity (Wildman–Crippen MR) is 74.8 cm³/mol. The number of phenolic OH excluding ortho intramolecular Hbond substituents is 1. The first-order chi connectivity index (χ1) is 9.06. The van der Waals surface area contributed by atoms with Crippen molar-refractivity contribution in [3.63, 3.8) is 0 Å². The minimum Gasteiger partial charge on any atom is -0.508 e. The number of ether oxygens (including phenoxy) is 1. The second-order valence-corrected chi connectivity index (χ2v) is 4.41. The lowest BCUT2D eigenvalue weighted by molar-refractivity contribution is -0.141. The van der Waals surface area contributed by atoms with E-state index in [1.54, 1.807) is 43.1 Å². The first kappa shape index (κ1) is 15.2. The SMILES string of the molecule is C=CCCOC(C)C(=O)N(C)Cc1ccccc1O. The van der Waals surface area contributed by atoms with Gasteiger partial charge in [0.1, 0.15) is 11.9 Å². The fourth-order valence-corrected chi connectivity index (χ4v) is 1.69. The van der Waals surface area contributed by atoms with Gasteiger partial charge in [-0.1, -0.05) is 24.3 Å². The Morgan fingerprint density at radius 2 is 2.21 bits per heavy atom. The van der Waals surface area contributed by atoms with Crippen LogP contribution in [-0.4, -0.2) is 35.7 Å². The van der Waals surface area contributed by atoms with Gasteiger partial charge in [-0.25, -0.2) is 0 Å². The Morgan fingerprint density at radius 1 is 1.53 bits per heavy atom. The van der Waals surface area contributed by atoms with E-state index in [1.165, 1.54) is 0 Å². The third-order valence-corrected chi connectivity index (χ3v) is 2.81. The number of carbonyl (C=O) groups excluding carboxylic acids is 1. The fourth-order valence-electron chi connectivity index (χ4n) is 1.69. The quantitative estimate of drug-likeness (QED) is 0.607. The number of likely N-dealkylation sites (N-methyl/N-ethyl adjacent to an activating group) is 1. The molecular weight excluding hydrogens is 242 g/mol. The summed E-state index contributed by atoms with van der Waals surface area (Å²) in [6, 6.07) is 6.99.